The van der Waals surface area contributed by atoms with Gasteiger partial charge in [0, 0.05) is 38.3 Å². The van der Waals surface area contributed by atoms with E-state index < -0.39 is 0 Å². The SMILES string of the molecule is CC[C@@H]1CN(c2cc(=O)n(C)c3cn[nH]c23)[C@@H](C)CN1. The van der Waals surface area contributed by atoms with E-state index in [1.807, 2.05) is 0 Å². The number of aromatic nitrogens is 3. The Bertz CT molecular complexity index is 674. The summed E-state index contributed by atoms with van der Waals surface area (Å²) in [7, 11) is 1.78. The van der Waals surface area contributed by atoms with Gasteiger partial charge in [0.15, 0.2) is 0 Å². The minimum Gasteiger partial charge on any atom is -0.364 e. The van der Waals surface area contributed by atoms with E-state index in [0.717, 1.165) is 36.2 Å². The van der Waals surface area contributed by atoms with E-state index in [2.05, 4.69) is 34.3 Å². The number of nitrogens with one attached hydrogen (secondary N) is 2. The predicted molar refractivity (Wildman–Crippen MR) is 80.2 cm³/mol. The van der Waals surface area contributed by atoms with Crippen molar-refractivity contribution in [2.45, 2.75) is 32.4 Å². The number of pyridine rings is 1. The van der Waals surface area contributed by atoms with Gasteiger partial charge < -0.3 is 14.8 Å². The van der Waals surface area contributed by atoms with E-state index in [-0.39, 0.29) is 5.56 Å². The second-order valence-corrected chi connectivity index (χ2v) is 5.57. The summed E-state index contributed by atoms with van der Waals surface area (Å²) in [4.78, 5) is 14.4. The lowest BCUT2D eigenvalue weighted by Gasteiger charge is -2.40. The molecule has 6 nitrogen and oxygen atoms in total. The summed E-state index contributed by atoms with van der Waals surface area (Å²) in [5.41, 5.74) is 2.77. The van der Waals surface area contributed by atoms with Crippen LogP contribution >= 0.6 is 0 Å². The summed E-state index contributed by atoms with van der Waals surface area (Å²) < 4.78 is 1.63. The van der Waals surface area contributed by atoms with Crippen LogP contribution in [0.2, 0.25) is 0 Å². The zero-order valence-corrected chi connectivity index (χ0v) is 12.2. The molecular formula is C14H21N5O. The Hall–Kier alpha value is -1.82. The van der Waals surface area contributed by atoms with Gasteiger partial charge in [-0.2, -0.15) is 5.10 Å². The molecule has 1 saturated heterocycles. The number of rotatable bonds is 2. The van der Waals surface area contributed by atoms with E-state index in [4.69, 9.17) is 0 Å². The summed E-state index contributed by atoms with van der Waals surface area (Å²) in [6.07, 6.45) is 2.80. The predicted octanol–water partition coefficient (Wildman–Crippen LogP) is 0.838. The van der Waals surface area contributed by atoms with Crippen molar-refractivity contribution in [3.8, 4) is 0 Å². The van der Waals surface area contributed by atoms with Gasteiger partial charge >= 0.3 is 0 Å². The fourth-order valence-corrected chi connectivity index (χ4v) is 2.89. The van der Waals surface area contributed by atoms with Gasteiger partial charge in [-0.05, 0) is 13.3 Å². The van der Waals surface area contributed by atoms with Crippen LogP contribution in [0.25, 0.3) is 11.0 Å². The van der Waals surface area contributed by atoms with Gasteiger partial charge in [0.2, 0.25) is 0 Å². The van der Waals surface area contributed by atoms with Crippen LogP contribution in [0, 0.1) is 0 Å². The number of aromatic amines is 1. The molecule has 0 unspecified atom stereocenters. The molecule has 0 saturated carbocycles. The molecule has 0 spiro atoms. The quantitative estimate of drug-likeness (QED) is 0.852. The smallest absolute Gasteiger partial charge is 0.252 e. The van der Waals surface area contributed by atoms with Gasteiger partial charge in [0.25, 0.3) is 5.56 Å². The van der Waals surface area contributed by atoms with Crippen LogP contribution in [0.1, 0.15) is 20.3 Å². The molecule has 0 bridgehead atoms. The molecule has 3 heterocycles. The number of piperazine rings is 1. The first-order valence-electron chi connectivity index (χ1n) is 7.15. The Morgan fingerprint density at radius 2 is 2.30 bits per heavy atom. The minimum absolute atomic E-state index is 0.00711. The zero-order chi connectivity index (χ0) is 14.3. The molecule has 2 aromatic rings. The average molecular weight is 275 g/mol. The maximum absolute atomic E-state index is 12.1. The van der Waals surface area contributed by atoms with Crippen LogP contribution in [-0.4, -0.2) is 39.9 Å². The molecule has 6 heteroatoms. The Kier molecular flexibility index (Phi) is 3.25. The first-order valence-corrected chi connectivity index (χ1v) is 7.15. The van der Waals surface area contributed by atoms with E-state index in [1.54, 1.807) is 23.9 Å². The van der Waals surface area contributed by atoms with Crippen molar-refractivity contribution in [3.63, 3.8) is 0 Å². The van der Waals surface area contributed by atoms with Crippen molar-refractivity contribution in [1.82, 2.24) is 20.1 Å². The number of H-pyrrole nitrogens is 1. The molecular weight excluding hydrogens is 254 g/mol. The summed E-state index contributed by atoms with van der Waals surface area (Å²) >= 11 is 0. The standard InChI is InChI=1S/C14H21N5O/c1-4-10-8-19(9(2)6-15-10)11-5-13(20)18(3)12-7-16-17-14(11)12/h5,7,9-10,15H,4,6,8H2,1-3H3,(H,16,17)/t9-,10+/m0/s1. The molecule has 0 radical (unpaired) electrons. The highest BCUT2D eigenvalue weighted by Gasteiger charge is 2.26. The summed E-state index contributed by atoms with van der Waals surface area (Å²) in [6.45, 7) is 6.21. The van der Waals surface area contributed by atoms with E-state index in [1.165, 1.54) is 0 Å². The van der Waals surface area contributed by atoms with Crippen LogP contribution in [0.4, 0.5) is 5.69 Å². The third kappa shape index (κ3) is 2.00. The molecule has 2 atom stereocenters. The van der Waals surface area contributed by atoms with Gasteiger partial charge in [-0.15, -0.1) is 0 Å². The number of fused-ring (bicyclic) bond motifs is 1. The maximum Gasteiger partial charge on any atom is 0.252 e. The van der Waals surface area contributed by atoms with Crippen molar-refractivity contribution in [2.75, 3.05) is 18.0 Å². The largest absolute Gasteiger partial charge is 0.364 e. The Morgan fingerprint density at radius 1 is 1.50 bits per heavy atom. The summed E-state index contributed by atoms with van der Waals surface area (Å²) in [5.74, 6) is 0. The van der Waals surface area contributed by atoms with Crippen molar-refractivity contribution in [1.29, 1.82) is 0 Å². The fourth-order valence-electron chi connectivity index (χ4n) is 2.89. The highest BCUT2D eigenvalue weighted by molar-refractivity contribution is 5.88. The first-order chi connectivity index (χ1) is 9.61. The molecule has 2 N–H and O–H groups in total. The second-order valence-electron chi connectivity index (χ2n) is 5.57. The molecule has 20 heavy (non-hydrogen) atoms. The fraction of sp³-hybridized carbons (Fsp3) is 0.571. The zero-order valence-electron chi connectivity index (χ0n) is 12.2. The normalized spacial score (nSPS) is 23.4. The van der Waals surface area contributed by atoms with Gasteiger partial charge in [-0.3, -0.25) is 9.89 Å². The lowest BCUT2D eigenvalue weighted by atomic mass is 10.1. The second kappa shape index (κ2) is 4.94. The lowest BCUT2D eigenvalue weighted by molar-refractivity contribution is 0.398. The summed E-state index contributed by atoms with van der Waals surface area (Å²) in [5, 5.41) is 10.7. The average Bonchev–Trinajstić information content (AvgIpc) is 2.93. The van der Waals surface area contributed by atoms with Crippen molar-refractivity contribution < 1.29 is 0 Å². The van der Waals surface area contributed by atoms with Gasteiger partial charge in [0.1, 0.15) is 5.52 Å². The van der Waals surface area contributed by atoms with Gasteiger partial charge in [0.05, 0.1) is 17.4 Å². The van der Waals surface area contributed by atoms with Crippen LogP contribution in [0.5, 0.6) is 0 Å². The molecule has 1 aliphatic rings. The monoisotopic (exact) mass is 275 g/mol. The third-order valence-corrected chi connectivity index (χ3v) is 4.28. The van der Waals surface area contributed by atoms with Crippen molar-refractivity contribution in [2.24, 2.45) is 7.05 Å². The van der Waals surface area contributed by atoms with E-state index in [9.17, 15) is 4.79 Å². The number of hydrogen-bond donors (Lipinski definition) is 2. The van der Waals surface area contributed by atoms with Gasteiger partial charge in [-0.1, -0.05) is 6.92 Å². The number of aryl methyl sites for hydroxylation is 1. The first kappa shape index (κ1) is 13.2. The molecule has 0 aliphatic carbocycles. The molecule has 108 valence electrons. The van der Waals surface area contributed by atoms with Gasteiger partial charge in [-0.25, -0.2) is 0 Å². The Balaban J connectivity index is 2.11. The third-order valence-electron chi connectivity index (χ3n) is 4.28. The van der Waals surface area contributed by atoms with Crippen LogP contribution < -0.4 is 15.8 Å². The molecule has 0 aromatic carbocycles. The van der Waals surface area contributed by atoms with Crippen LogP contribution in [-0.2, 0) is 7.05 Å². The number of nitrogens with zero attached hydrogens (tertiary/aromatic N) is 3. The molecule has 1 aliphatic heterocycles. The van der Waals surface area contributed by atoms with Crippen molar-refractivity contribution in [3.05, 3.63) is 22.6 Å². The molecule has 0 amide bonds. The van der Waals surface area contributed by atoms with E-state index >= 15 is 0 Å². The van der Waals surface area contributed by atoms with Crippen molar-refractivity contribution >= 4 is 16.7 Å². The van der Waals surface area contributed by atoms with E-state index in [0.29, 0.717) is 12.1 Å². The Morgan fingerprint density at radius 3 is 3.05 bits per heavy atom. The highest BCUT2D eigenvalue weighted by Crippen LogP contribution is 2.26. The number of hydrogen-bond acceptors (Lipinski definition) is 4. The molecule has 3 rings (SSSR count). The highest BCUT2D eigenvalue weighted by atomic mass is 16.1. The molecule has 2 aromatic heterocycles. The van der Waals surface area contributed by atoms with Crippen LogP contribution in [0.3, 0.4) is 0 Å². The lowest BCUT2D eigenvalue weighted by Crippen LogP contribution is -2.55. The Labute approximate surface area is 117 Å². The summed E-state index contributed by atoms with van der Waals surface area (Å²) in [6, 6.07) is 2.54. The number of anilines is 1. The van der Waals surface area contributed by atoms with Crippen LogP contribution in [0.15, 0.2) is 17.1 Å². The molecule has 1 fully saturated rings. The minimum atomic E-state index is 0.00711. The maximum atomic E-state index is 12.1. The topological polar surface area (TPSA) is 66.0 Å².